The number of nitrogens with zero attached hydrogens (tertiary/aromatic N) is 4. The van der Waals surface area contributed by atoms with E-state index in [4.69, 9.17) is 4.98 Å². The zero-order chi connectivity index (χ0) is 16.1. The zero-order valence-corrected chi connectivity index (χ0v) is 14.0. The van der Waals surface area contributed by atoms with E-state index < -0.39 is 0 Å². The SMILES string of the molecule is CCN1C(=O)C2CN(c3nc4cc(C)ccc4s3)CCN2C1=O. The third kappa shape index (κ3) is 2.18. The zero-order valence-electron chi connectivity index (χ0n) is 13.2. The molecular weight excluding hydrogens is 312 g/mol. The van der Waals surface area contributed by atoms with Gasteiger partial charge in [0.2, 0.25) is 0 Å². The van der Waals surface area contributed by atoms with E-state index in [1.54, 1.807) is 16.2 Å². The van der Waals surface area contributed by atoms with Gasteiger partial charge in [-0.15, -0.1) is 0 Å². The van der Waals surface area contributed by atoms with Gasteiger partial charge in [-0.05, 0) is 31.5 Å². The number of benzene rings is 1. The lowest BCUT2D eigenvalue weighted by molar-refractivity contribution is -0.128. The van der Waals surface area contributed by atoms with Crippen LogP contribution in [0, 0.1) is 6.92 Å². The molecule has 3 heterocycles. The molecule has 0 bridgehead atoms. The number of anilines is 1. The van der Waals surface area contributed by atoms with Crippen LogP contribution in [-0.4, -0.2) is 58.9 Å². The van der Waals surface area contributed by atoms with Crippen molar-refractivity contribution in [3.63, 3.8) is 0 Å². The lowest BCUT2D eigenvalue weighted by atomic mass is 10.2. The molecule has 0 N–H and O–H groups in total. The highest BCUT2D eigenvalue weighted by Gasteiger charge is 2.47. The van der Waals surface area contributed by atoms with Gasteiger partial charge in [0.25, 0.3) is 5.91 Å². The number of hydrogen-bond donors (Lipinski definition) is 0. The molecule has 120 valence electrons. The van der Waals surface area contributed by atoms with Gasteiger partial charge in [0.05, 0.1) is 10.2 Å². The summed E-state index contributed by atoms with van der Waals surface area (Å²) in [5.41, 5.74) is 2.19. The normalized spacial score (nSPS) is 21.5. The average Bonchev–Trinajstić information content (AvgIpc) is 3.06. The molecule has 23 heavy (non-hydrogen) atoms. The second-order valence-electron chi connectivity index (χ2n) is 5.99. The van der Waals surface area contributed by atoms with Gasteiger partial charge in [0, 0.05) is 26.2 Å². The number of fused-ring (bicyclic) bond motifs is 2. The van der Waals surface area contributed by atoms with Gasteiger partial charge < -0.3 is 9.80 Å². The van der Waals surface area contributed by atoms with E-state index in [1.165, 1.54) is 10.5 Å². The number of piperazine rings is 1. The van der Waals surface area contributed by atoms with Gasteiger partial charge in [-0.25, -0.2) is 9.78 Å². The standard InChI is InChI=1S/C16H18N4O2S/c1-3-19-14(21)12-9-18(6-7-20(12)16(19)22)15-17-11-8-10(2)4-5-13(11)23-15/h4-5,8,12H,3,6-7,9H2,1-2H3. The minimum Gasteiger partial charge on any atom is -0.344 e. The molecular formula is C16H18N4O2S. The van der Waals surface area contributed by atoms with Gasteiger partial charge in [-0.1, -0.05) is 17.4 Å². The molecule has 0 radical (unpaired) electrons. The van der Waals surface area contributed by atoms with Crippen LogP contribution in [0.3, 0.4) is 0 Å². The van der Waals surface area contributed by atoms with Crippen LogP contribution in [0.5, 0.6) is 0 Å². The summed E-state index contributed by atoms with van der Waals surface area (Å²) in [6.45, 7) is 6.14. The first kappa shape index (κ1) is 14.4. The molecule has 3 amide bonds. The second-order valence-corrected chi connectivity index (χ2v) is 7.00. The number of carbonyl (C=O) groups is 2. The van der Waals surface area contributed by atoms with Crippen molar-refractivity contribution >= 4 is 38.6 Å². The van der Waals surface area contributed by atoms with Gasteiger partial charge in [0.1, 0.15) is 6.04 Å². The van der Waals surface area contributed by atoms with E-state index in [0.717, 1.165) is 15.3 Å². The molecule has 0 aliphatic carbocycles. The Kier molecular flexibility index (Phi) is 3.26. The van der Waals surface area contributed by atoms with Crippen molar-refractivity contribution in [3.05, 3.63) is 23.8 Å². The predicted octanol–water partition coefficient (Wildman–Crippen LogP) is 2.08. The number of imide groups is 1. The molecule has 2 fully saturated rings. The van der Waals surface area contributed by atoms with Crippen molar-refractivity contribution < 1.29 is 9.59 Å². The van der Waals surface area contributed by atoms with Crippen LogP contribution in [0.4, 0.5) is 9.93 Å². The van der Waals surface area contributed by atoms with Gasteiger partial charge in [0.15, 0.2) is 5.13 Å². The highest BCUT2D eigenvalue weighted by Crippen LogP contribution is 2.32. The Balaban J connectivity index is 1.61. The first-order valence-corrected chi connectivity index (χ1v) is 8.64. The van der Waals surface area contributed by atoms with E-state index in [1.807, 2.05) is 6.92 Å². The average molecular weight is 330 g/mol. The van der Waals surface area contributed by atoms with Crippen LogP contribution in [-0.2, 0) is 4.79 Å². The Hall–Kier alpha value is -2.15. The summed E-state index contributed by atoms with van der Waals surface area (Å²) in [6.07, 6.45) is 0. The summed E-state index contributed by atoms with van der Waals surface area (Å²) in [7, 11) is 0. The maximum Gasteiger partial charge on any atom is 0.327 e. The topological polar surface area (TPSA) is 56.8 Å². The maximum atomic E-state index is 12.4. The molecule has 2 saturated heterocycles. The minimum absolute atomic E-state index is 0.0841. The van der Waals surface area contributed by atoms with Crippen molar-refractivity contribution in [2.45, 2.75) is 19.9 Å². The maximum absolute atomic E-state index is 12.4. The number of aryl methyl sites for hydroxylation is 1. The fraction of sp³-hybridized carbons (Fsp3) is 0.438. The molecule has 2 aliphatic heterocycles. The highest BCUT2D eigenvalue weighted by atomic mass is 32.1. The Morgan fingerprint density at radius 1 is 1.30 bits per heavy atom. The summed E-state index contributed by atoms with van der Waals surface area (Å²) >= 11 is 1.64. The quantitative estimate of drug-likeness (QED) is 0.791. The third-order valence-corrected chi connectivity index (χ3v) is 5.62. The first-order valence-electron chi connectivity index (χ1n) is 7.82. The summed E-state index contributed by atoms with van der Waals surface area (Å²) in [5.74, 6) is -0.0841. The monoisotopic (exact) mass is 330 g/mol. The lowest BCUT2D eigenvalue weighted by Crippen LogP contribution is -2.53. The highest BCUT2D eigenvalue weighted by molar-refractivity contribution is 7.22. The molecule has 2 aromatic rings. The molecule has 4 rings (SSSR count). The molecule has 1 aromatic heterocycles. The van der Waals surface area contributed by atoms with Gasteiger partial charge in [-0.2, -0.15) is 0 Å². The van der Waals surface area contributed by atoms with Crippen LogP contribution < -0.4 is 4.90 Å². The summed E-state index contributed by atoms with van der Waals surface area (Å²) < 4.78 is 1.15. The van der Waals surface area contributed by atoms with Crippen LogP contribution in [0.25, 0.3) is 10.2 Å². The number of likely N-dealkylation sites (N-methyl/N-ethyl adjacent to an activating group) is 1. The molecule has 2 aliphatic rings. The number of amides is 3. The molecule has 7 heteroatoms. The number of thiazole rings is 1. The Bertz CT molecular complexity index is 802. The molecule has 0 saturated carbocycles. The molecule has 1 aromatic carbocycles. The molecule has 1 atom stereocenters. The number of hydrogen-bond acceptors (Lipinski definition) is 5. The van der Waals surface area contributed by atoms with Crippen molar-refractivity contribution in [2.75, 3.05) is 31.1 Å². The van der Waals surface area contributed by atoms with Crippen molar-refractivity contribution in [1.82, 2.24) is 14.8 Å². The number of carbonyl (C=O) groups excluding carboxylic acids is 2. The van der Waals surface area contributed by atoms with Crippen LogP contribution >= 0.6 is 11.3 Å². The van der Waals surface area contributed by atoms with E-state index >= 15 is 0 Å². The number of rotatable bonds is 2. The summed E-state index contributed by atoms with van der Waals surface area (Å²) in [5, 5.41) is 0.931. The number of aromatic nitrogens is 1. The second kappa shape index (κ2) is 5.19. The van der Waals surface area contributed by atoms with E-state index in [2.05, 4.69) is 30.0 Å². The van der Waals surface area contributed by atoms with E-state index in [9.17, 15) is 9.59 Å². The van der Waals surface area contributed by atoms with E-state index in [-0.39, 0.29) is 18.0 Å². The van der Waals surface area contributed by atoms with Gasteiger partial charge >= 0.3 is 6.03 Å². The Morgan fingerprint density at radius 3 is 2.91 bits per heavy atom. The Morgan fingerprint density at radius 2 is 2.13 bits per heavy atom. The molecule has 1 unspecified atom stereocenters. The van der Waals surface area contributed by atoms with Crippen molar-refractivity contribution in [3.8, 4) is 0 Å². The molecule has 0 spiro atoms. The lowest BCUT2D eigenvalue weighted by Gasteiger charge is -2.35. The fourth-order valence-corrected chi connectivity index (χ4v) is 4.26. The summed E-state index contributed by atoms with van der Waals surface area (Å²) in [4.78, 5) is 34.5. The largest absolute Gasteiger partial charge is 0.344 e. The number of urea groups is 1. The van der Waals surface area contributed by atoms with Gasteiger partial charge in [-0.3, -0.25) is 9.69 Å². The van der Waals surface area contributed by atoms with Crippen LogP contribution in [0.2, 0.25) is 0 Å². The van der Waals surface area contributed by atoms with Crippen molar-refractivity contribution in [1.29, 1.82) is 0 Å². The van der Waals surface area contributed by atoms with E-state index in [0.29, 0.717) is 26.2 Å². The minimum atomic E-state index is -0.370. The van der Waals surface area contributed by atoms with Crippen molar-refractivity contribution in [2.24, 2.45) is 0 Å². The van der Waals surface area contributed by atoms with Crippen LogP contribution in [0.15, 0.2) is 18.2 Å². The Labute approximate surface area is 138 Å². The fourth-order valence-electron chi connectivity index (χ4n) is 3.28. The summed E-state index contributed by atoms with van der Waals surface area (Å²) in [6, 6.07) is 5.73. The smallest absolute Gasteiger partial charge is 0.327 e. The van der Waals surface area contributed by atoms with Crippen LogP contribution in [0.1, 0.15) is 12.5 Å². The molecule has 6 nitrogen and oxygen atoms in total. The third-order valence-electron chi connectivity index (χ3n) is 4.53. The predicted molar refractivity (Wildman–Crippen MR) is 89.8 cm³/mol. The first-order chi connectivity index (χ1) is 11.1.